The number of hydrogen-bond acceptors (Lipinski definition) is 5. The van der Waals surface area contributed by atoms with Crippen molar-refractivity contribution < 1.29 is 14.3 Å². The van der Waals surface area contributed by atoms with E-state index in [4.69, 9.17) is 4.74 Å². The van der Waals surface area contributed by atoms with Crippen LogP contribution in [0.1, 0.15) is 20.9 Å². The Kier molecular flexibility index (Phi) is 5.98. The van der Waals surface area contributed by atoms with Crippen LogP contribution in [0.15, 0.2) is 60.7 Å². The highest BCUT2D eigenvalue weighted by molar-refractivity contribution is 7.17. The van der Waals surface area contributed by atoms with Gasteiger partial charge in [0.25, 0.3) is 5.91 Å². The van der Waals surface area contributed by atoms with E-state index in [2.05, 4.69) is 4.98 Å². The van der Waals surface area contributed by atoms with Crippen LogP contribution in [-0.4, -0.2) is 35.4 Å². The summed E-state index contributed by atoms with van der Waals surface area (Å²) in [6, 6.07) is 19.3. The third kappa shape index (κ3) is 4.80. The zero-order valence-corrected chi connectivity index (χ0v) is 16.0. The van der Waals surface area contributed by atoms with Crippen LogP contribution in [0, 0.1) is 6.92 Å². The lowest BCUT2D eigenvalue weighted by Crippen LogP contribution is -2.30. The minimum atomic E-state index is -0.520. The first-order valence-corrected chi connectivity index (χ1v) is 9.34. The van der Waals surface area contributed by atoms with E-state index in [1.165, 1.54) is 16.2 Å². The van der Waals surface area contributed by atoms with Crippen molar-refractivity contribution in [3.8, 4) is 10.6 Å². The molecule has 0 aliphatic heterocycles. The summed E-state index contributed by atoms with van der Waals surface area (Å²) >= 11 is 1.27. The van der Waals surface area contributed by atoms with Crippen molar-refractivity contribution in [3.05, 3.63) is 76.8 Å². The van der Waals surface area contributed by atoms with E-state index in [-0.39, 0.29) is 12.5 Å². The molecule has 3 aromatic rings. The first kappa shape index (κ1) is 18.8. The molecule has 6 heteroatoms. The predicted molar refractivity (Wildman–Crippen MR) is 105 cm³/mol. The molecule has 1 amide bonds. The topological polar surface area (TPSA) is 59.5 Å². The van der Waals surface area contributed by atoms with Crippen LogP contribution in [0.2, 0.25) is 0 Å². The molecule has 0 fully saturated rings. The van der Waals surface area contributed by atoms with Gasteiger partial charge in [-0.2, -0.15) is 0 Å². The van der Waals surface area contributed by atoms with E-state index in [9.17, 15) is 9.59 Å². The van der Waals surface area contributed by atoms with E-state index in [0.717, 1.165) is 16.1 Å². The Morgan fingerprint density at radius 1 is 1.04 bits per heavy atom. The summed E-state index contributed by atoms with van der Waals surface area (Å²) in [4.78, 5) is 31.0. The summed E-state index contributed by atoms with van der Waals surface area (Å²) in [6.45, 7) is 1.94. The van der Waals surface area contributed by atoms with Gasteiger partial charge < -0.3 is 9.64 Å². The smallest absolute Gasteiger partial charge is 0.350 e. The maximum atomic E-state index is 12.4. The first-order chi connectivity index (χ1) is 13.0. The zero-order valence-electron chi connectivity index (χ0n) is 15.2. The van der Waals surface area contributed by atoms with Crippen LogP contribution in [0.25, 0.3) is 10.6 Å². The highest BCUT2D eigenvalue weighted by Crippen LogP contribution is 2.28. The van der Waals surface area contributed by atoms with Crippen LogP contribution in [-0.2, 0) is 16.1 Å². The van der Waals surface area contributed by atoms with Gasteiger partial charge >= 0.3 is 5.97 Å². The average molecular weight is 380 g/mol. The van der Waals surface area contributed by atoms with E-state index in [1.807, 2.05) is 60.7 Å². The van der Waals surface area contributed by atoms with E-state index in [1.54, 1.807) is 14.0 Å². The average Bonchev–Trinajstić information content (AvgIpc) is 3.09. The molecule has 27 heavy (non-hydrogen) atoms. The Morgan fingerprint density at radius 2 is 1.67 bits per heavy atom. The van der Waals surface area contributed by atoms with Crippen molar-refractivity contribution in [1.82, 2.24) is 9.88 Å². The van der Waals surface area contributed by atoms with Gasteiger partial charge in [0.1, 0.15) is 9.88 Å². The highest BCUT2D eigenvalue weighted by Gasteiger charge is 2.19. The molecule has 0 aliphatic carbocycles. The molecule has 0 spiro atoms. The Morgan fingerprint density at radius 3 is 2.33 bits per heavy atom. The number of carbonyl (C=O) groups is 2. The Balaban J connectivity index is 1.59. The normalized spacial score (nSPS) is 10.4. The number of aryl methyl sites for hydroxylation is 1. The summed E-state index contributed by atoms with van der Waals surface area (Å²) < 4.78 is 5.22. The Labute approximate surface area is 162 Å². The number of likely N-dealkylation sites (N-methyl/N-ethyl adjacent to an activating group) is 1. The lowest BCUT2D eigenvalue weighted by atomic mass is 10.2. The predicted octanol–water partition coefficient (Wildman–Crippen LogP) is 3.93. The third-order valence-electron chi connectivity index (χ3n) is 4.02. The summed E-state index contributed by atoms with van der Waals surface area (Å²) in [7, 11) is 1.69. The number of benzene rings is 2. The fourth-order valence-electron chi connectivity index (χ4n) is 2.54. The maximum Gasteiger partial charge on any atom is 0.350 e. The van der Waals surface area contributed by atoms with E-state index < -0.39 is 5.97 Å². The molecule has 0 unspecified atom stereocenters. The summed E-state index contributed by atoms with van der Waals surface area (Å²) in [6.07, 6.45) is 0. The number of nitrogens with zero attached hydrogens (tertiary/aromatic N) is 2. The molecule has 0 saturated carbocycles. The van der Waals surface area contributed by atoms with Crippen LogP contribution >= 0.6 is 11.3 Å². The van der Waals surface area contributed by atoms with Gasteiger partial charge in [-0.15, -0.1) is 11.3 Å². The number of rotatable bonds is 6. The molecule has 5 nitrogen and oxygen atoms in total. The Hall–Kier alpha value is -2.99. The monoisotopic (exact) mass is 380 g/mol. The molecule has 0 N–H and O–H groups in total. The molecule has 0 aliphatic rings. The van der Waals surface area contributed by atoms with Gasteiger partial charge in [0.05, 0.1) is 5.69 Å². The van der Waals surface area contributed by atoms with Crippen molar-refractivity contribution >= 4 is 23.2 Å². The van der Waals surface area contributed by atoms with Gasteiger partial charge in [0.2, 0.25) is 0 Å². The summed E-state index contributed by atoms with van der Waals surface area (Å²) in [5, 5.41) is 0.757. The van der Waals surface area contributed by atoms with Crippen molar-refractivity contribution in [2.45, 2.75) is 13.5 Å². The molecule has 1 heterocycles. The molecule has 2 aromatic carbocycles. The minimum Gasteiger partial charge on any atom is -0.451 e. The Bertz CT molecular complexity index is 923. The molecule has 1 aromatic heterocycles. The van der Waals surface area contributed by atoms with Gasteiger partial charge in [-0.1, -0.05) is 60.7 Å². The van der Waals surface area contributed by atoms with Crippen LogP contribution < -0.4 is 0 Å². The molecule has 0 saturated heterocycles. The second kappa shape index (κ2) is 8.60. The van der Waals surface area contributed by atoms with Crippen molar-refractivity contribution in [2.75, 3.05) is 13.7 Å². The number of ether oxygens (including phenoxy) is 1. The molecular formula is C21H20N2O3S. The fraction of sp³-hybridized carbons (Fsp3) is 0.190. The van der Waals surface area contributed by atoms with E-state index in [0.29, 0.717) is 17.1 Å². The number of carbonyl (C=O) groups excluding carboxylic acids is 2. The molecule has 0 bridgehead atoms. The van der Waals surface area contributed by atoms with Gasteiger partial charge in [-0.05, 0) is 12.5 Å². The fourth-order valence-corrected chi connectivity index (χ4v) is 3.50. The van der Waals surface area contributed by atoms with Gasteiger partial charge in [0.15, 0.2) is 6.61 Å². The number of hydrogen-bond donors (Lipinski definition) is 0. The molecular weight excluding hydrogens is 360 g/mol. The number of esters is 1. The van der Waals surface area contributed by atoms with E-state index >= 15 is 0 Å². The number of thiazole rings is 1. The van der Waals surface area contributed by atoms with Crippen molar-refractivity contribution in [3.63, 3.8) is 0 Å². The molecule has 138 valence electrons. The lowest BCUT2D eigenvalue weighted by molar-refractivity contribution is -0.133. The van der Waals surface area contributed by atoms with Gasteiger partial charge in [0, 0.05) is 19.2 Å². The first-order valence-electron chi connectivity index (χ1n) is 8.52. The minimum absolute atomic E-state index is 0.252. The SMILES string of the molecule is Cc1nc(-c2ccccc2)sc1C(=O)OCC(=O)N(C)Cc1ccccc1. The van der Waals surface area contributed by atoms with Crippen molar-refractivity contribution in [1.29, 1.82) is 0 Å². The molecule has 3 rings (SSSR count). The number of aromatic nitrogens is 1. The maximum absolute atomic E-state index is 12.4. The largest absolute Gasteiger partial charge is 0.451 e. The quantitative estimate of drug-likeness (QED) is 0.608. The van der Waals surface area contributed by atoms with Crippen LogP contribution in [0.5, 0.6) is 0 Å². The highest BCUT2D eigenvalue weighted by atomic mass is 32.1. The second-order valence-corrected chi connectivity index (χ2v) is 7.11. The summed E-state index contributed by atoms with van der Waals surface area (Å²) in [5.41, 5.74) is 2.57. The van der Waals surface area contributed by atoms with Crippen LogP contribution in [0.3, 0.4) is 0 Å². The van der Waals surface area contributed by atoms with Gasteiger partial charge in [-0.3, -0.25) is 4.79 Å². The molecule has 0 atom stereocenters. The second-order valence-electron chi connectivity index (χ2n) is 6.11. The lowest BCUT2D eigenvalue weighted by Gasteiger charge is -2.17. The molecule has 0 radical (unpaired) electrons. The van der Waals surface area contributed by atoms with Crippen LogP contribution in [0.4, 0.5) is 0 Å². The zero-order chi connectivity index (χ0) is 19.2. The van der Waals surface area contributed by atoms with Gasteiger partial charge in [-0.25, -0.2) is 9.78 Å². The number of amides is 1. The standard InChI is InChI=1S/C21H20N2O3S/c1-15-19(27-20(22-15)17-11-7-4-8-12-17)21(25)26-14-18(24)23(2)13-16-9-5-3-6-10-16/h3-12H,13-14H2,1-2H3. The third-order valence-corrected chi connectivity index (χ3v) is 5.20. The summed E-state index contributed by atoms with van der Waals surface area (Å²) in [5.74, 6) is -0.772. The van der Waals surface area contributed by atoms with Crippen molar-refractivity contribution in [2.24, 2.45) is 0 Å².